The van der Waals surface area contributed by atoms with E-state index in [0.717, 1.165) is 6.07 Å². The highest BCUT2D eigenvalue weighted by atomic mass is 19.4. The standard InChI is InChI=1S/C8H7F3N2O/c1-5(13-14)6-3-2-4-7(12-6)8(9,10)11/h2-5H,1H3. The molecule has 0 aromatic carbocycles. The fourth-order valence-corrected chi connectivity index (χ4v) is 0.896. The predicted molar refractivity (Wildman–Crippen MR) is 43.4 cm³/mol. The van der Waals surface area contributed by atoms with Gasteiger partial charge in [0.15, 0.2) is 0 Å². The normalized spacial score (nSPS) is 13.7. The number of hydrogen-bond acceptors (Lipinski definition) is 3. The van der Waals surface area contributed by atoms with Gasteiger partial charge < -0.3 is 0 Å². The average molecular weight is 204 g/mol. The maximum absolute atomic E-state index is 12.2. The van der Waals surface area contributed by atoms with Gasteiger partial charge in [-0.3, -0.25) is 0 Å². The van der Waals surface area contributed by atoms with Crippen LogP contribution in [0.4, 0.5) is 13.2 Å². The third-order valence-corrected chi connectivity index (χ3v) is 1.65. The van der Waals surface area contributed by atoms with E-state index in [2.05, 4.69) is 10.2 Å². The number of nitrogens with zero attached hydrogens (tertiary/aromatic N) is 2. The lowest BCUT2D eigenvalue weighted by Gasteiger charge is -2.07. The number of hydrogen-bond donors (Lipinski definition) is 0. The molecule has 1 aromatic heterocycles. The molecule has 3 nitrogen and oxygen atoms in total. The average Bonchev–Trinajstić information content (AvgIpc) is 2.15. The Morgan fingerprint density at radius 1 is 1.43 bits per heavy atom. The first-order chi connectivity index (χ1) is 6.45. The SMILES string of the molecule is CC(N=O)c1cccc(C(F)(F)F)n1. The van der Waals surface area contributed by atoms with Crippen LogP contribution in [0.15, 0.2) is 23.4 Å². The molecule has 1 heterocycles. The molecule has 6 heteroatoms. The summed E-state index contributed by atoms with van der Waals surface area (Å²) in [7, 11) is 0. The Labute approximate surface area is 77.9 Å². The van der Waals surface area contributed by atoms with Crippen molar-refractivity contribution in [2.45, 2.75) is 19.1 Å². The highest BCUT2D eigenvalue weighted by Crippen LogP contribution is 2.28. The van der Waals surface area contributed by atoms with E-state index in [1.807, 2.05) is 0 Å². The maximum atomic E-state index is 12.2. The molecule has 0 saturated heterocycles. The van der Waals surface area contributed by atoms with Gasteiger partial charge in [-0.25, -0.2) is 4.98 Å². The number of pyridine rings is 1. The second-order valence-corrected chi connectivity index (χ2v) is 2.73. The van der Waals surface area contributed by atoms with Gasteiger partial charge in [-0.15, -0.1) is 0 Å². The first kappa shape index (κ1) is 10.6. The number of halogens is 3. The van der Waals surface area contributed by atoms with E-state index in [1.165, 1.54) is 19.1 Å². The van der Waals surface area contributed by atoms with E-state index in [4.69, 9.17) is 0 Å². The van der Waals surface area contributed by atoms with Gasteiger partial charge >= 0.3 is 6.18 Å². The van der Waals surface area contributed by atoms with E-state index in [9.17, 15) is 18.1 Å². The molecule has 0 radical (unpaired) electrons. The van der Waals surface area contributed by atoms with Gasteiger partial charge in [0.1, 0.15) is 11.7 Å². The van der Waals surface area contributed by atoms with Gasteiger partial charge in [0.25, 0.3) is 0 Å². The molecule has 0 saturated carbocycles. The Hall–Kier alpha value is -1.46. The van der Waals surface area contributed by atoms with Crippen molar-refractivity contribution in [1.29, 1.82) is 0 Å². The quantitative estimate of drug-likeness (QED) is 0.695. The molecule has 0 fully saturated rings. The zero-order chi connectivity index (χ0) is 10.8. The largest absolute Gasteiger partial charge is 0.433 e. The minimum absolute atomic E-state index is 0.0230. The lowest BCUT2D eigenvalue weighted by Crippen LogP contribution is -2.09. The van der Waals surface area contributed by atoms with Crippen LogP contribution in [0.2, 0.25) is 0 Å². The van der Waals surface area contributed by atoms with Crippen LogP contribution in [0.1, 0.15) is 24.4 Å². The van der Waals surface area contributed by atoms with Crippen LogP contribution in [0.5, 0.6) is 0 Å². The van der Waals surface area contributed by atoms with Crippen LogP contribution >= 0.6 is 0 Å². The molecule has 0 N–H and O–H groups in total. The first-order valence-electron chi connectivity index (χ1n) is 3.81. The molecular formula is C8H7F3N2O. The minimum atomic E-state index is -4.49. The summed E-state index contributed by atoms with van der Waals surface area (Å²) in [5.41, 5.74) is -0.986. The Morgan fingerprint density at radius 3 is 2.57 bits per heavy atom. The summed E-state index contributed by atoms with van der Waals surface area (Å²) in [6.07, 6.45) is -4.49. The highest BCUT2D eigenvalue weighted by molar-refractivity contribution is 5.15. The van der Waals surface area contributed by atoms with Crippen molar-refractivity contribution >= 4 is 0 Å². The fourth-order valence-electron chi connectivity index (χ4n) is 0.896. The Bertz CT molecular complexity index is 338. The molecule has 0 bridgehead atoms. The molecule has 0 aliphatic heterocycles. The summed E-state index contributed by atoms with van der Waals surface area (Å²) in [4.78, 5) is 13.4. The summed E-state index contributed by atoms with van der Waals surface area (Å²) >= 11 is 0. The van der Waals surface area contributed by atoms with E-state index >= 15 is 0 Å². The van der Waals surface area contributed by atoms with Crippen molar-refractivity contribution in [2.24, 2.45) is 5.18 Å². The lowest BCUT2D eigenvalue weighted by molar-refractivity contribution is -0.141. The smallest absolute Gasteiger partial charge is 0.246 e. The summed E-state index contributed by atoms with van der Waals surface area (Å²) in [5.74, 6) is 0. The van der Waals surface area contributed by atoms with E-state index in [-0.39, 0.29) is 5.69 Å². The van der Waals surface area contributed by atoms with Crippen molar-refractivity contribution in [3.8, 4) is 0 Å². The van der Waals surface area contributed by atoms with Gasteiger partial charge in [0.05, 0.1) is 5.69 Å². The summed E-state index contributed by atoms with van der Waals surface area (Å²) in [6.45, 7) is 1.38. The maximum Gasteiger partial charge on any atom is 0.433 e. The number of nitroso groups, excluding NO2 is 1. The van der Waals surface area contributed by atoms with Crippen LogP contribution in [0.3, 0.4) is 0 Å². The number of rotatable bonds is 2. The van der Waals surface area contributed by atoms with Gasteiger partial charge in [0, 0.05) is 0 Å². The third-order valence-electron chi connectivity index (χ3n) is 1.65. The molecule has 1 unspecified atom stereocenters. The van der Waals surface area contributed by atoms with E-state index in [1.54, 1.807) is 0 Å². The van der Waals surface area contributed by atoms with Gasteiger partial charge in [-0.2, -0.15) is 18.1 Å². The summed E-state index contributed by atoms with van der Waals surface area (Å²) in [5, 5.41) is 2.60. The van der Waals surface area contributed by atoms with Crippen LogP contribution in [0.25, 0.3) is 0 Å². The number of aromatic nitrogens is 1. The lowest BCUT2D eigenvalue weighted by atomic mass is 10.2. The van der Waals surface area contributed by atoms with Crippen molar-refractivity contribution in [1.82, 2.24) is 4.98 Å². The van der Waals surface area contributed by atoms with Gasteiger partial charge in [-0.05, 0) is 19.1 Å². The zero-order valence-corrected chi connectivity index (χ0v) is 7.25. The molecule has 0 amide bonds. The minimum Gasteiger partial charge on any atom is -0.246 e. The van der Waals surface area contributed by atoms with Crippen molar-refractivity contribution in [3.05, 3.63) is 34.5 Å². The highest BCUT2D eigenvalue weighted by Gasteiger charge is 2.32. The van der Waals surface area contributed by atoms with Crippen LogP contribution in [-0.2, 0) is 6.18 Å². The molecule has 14 heavy (non-hydrogen) atoms. The van der Waals surface area contributed by atoms with E-state index in [0.29, 0.717) is 0 Å². The second-order valence-electron chi connectivity index (χ2n) is 2.73. The molecule has 1 rings (SSSR count). The fraction of sp³-hybridized carbons (Fsp3) is 0.375. The van der Waals surface area contributed by atoms with Crippen LogP contribution in [0, 0.1) is 4.91 Å². The van der Waals surface area contributed by atoms with Crippen molar-refractivity contribution < 1.29 is 13.2 Å². The Kier molecular flexibility index (Phi) is 2.83. The van der Waals surface area contributed by atoms with Crippen molar-refractivity contribution in [2.75, 3.05) is 0 Å². The molecule has 0 spiro atoms. The molecule has 0 aliphatic carbocycles. The molecule has 0 aliphatic rings. The van der Waals surface area contributed by atoms with E-state index < -0.39 is 17.9 Å². The molecular weight excluding hydrogens is 197 g/mol. The first-order valence-corrected chi connectivity index (χ1v) is 3.81. The van der Waals surface area contributed by atoms with Crippen molar-refractivity contribution in [3.63, 3.8) is 0 Å². The van der Waals surface area contributed by atoms with Crippen LogP contribution < -0.4 is 0 Å². The topological polar surface area (TPSA) is 42.3 Å². The third kappa shape index (κ3) is 2.27. The zero-order valence-electron chi connectivity index (χ0n) is 7.25. The summed E-state index contributed by atoms with van der Waals surface area (Å²) < 4.78 is 36.5. The number of alkyl halides is 3. The predicted octanol–water partition coefficient (Wildman–Crippen LogP) is 2.93. The molecule has 1 atom stereocenters. The molecule has 1 aromatic rings. The second kappa shape index (κ2) is 3.73. The Balaban J connectivity index is 3.07. The Morgan fingerprint density at radius 2 is 2.07 bits per heavy atom. The van der Waals surface area contributed by atoms with Gasteiger partial charge in [-0.1, -0.05) is 11.2 Å². The monoisotopic (exact) mass is 204 g/mol. The summed E-state index contributed by atoms with van der Waals surface area (Å²) in [6, 6.07) is 2.52. The molecule has 76 valence electrons. The van der Waals surface area contributed by atoms with Gasteiger partial charge in [0.2, 0.25) is 0 Å². The van der Waals surface area contributed by atoms with Crippen LogP contribution in [-0.4, -0.2) is 4.98 Å².